The van der Waals surface area contributed by atoms with Gasteiger partial charge >= 0.3 is 0 Å². The van der Waals surface area contributed by atoms with Crippen LogP contribution in [0.2, 0.25) is 0 Å². The first-order valence-electron chi connectivity index (χ1n) is 8.32. The fourth-order valence-electron chi connectivity index (χ4n) is 3.27. The lowest BCUT2D eigenvalue weighted by Crippen LogP contribution is -2.00. The zero-order valence-corrected chi connectivity index (χ0v) is 15.7. The van der Waals surface area contributed by atoms with Crippen molar-refractivity contribution in [2.75, 3.05) is 7.11 Å². The van der Waals surface area contributed by atoms with Crippen molar-refractivity contribution in [1.82, 2.24) is 29.4 Å². The molecule has 0 unspecified atom stereocenters. The van der Waals surface area contributed by atoms with E-state index in [9.17, 15) is 0 Å². The Morgan fingerprint density at radius 1 is 0.962 bits per heavy atom. The van der Waals surface area contributed by atoms with Gasteiger partial charge in [0, 0.05) is 11.6 Å². The fraction of sp³-hybridized carbons (Fsp3) is 0.333. The molecule has 0 aliphatic rings. The van der Waals surface area contributed by atoms with Crippen molar-refractivity contribution in [1.29, 1.82) is 0 Å². The summed E-state index contributed by atoms with van der Waals surface area (Å²) in [6.45, 7) is 9.58. The lowest BCUT2D eigenvalue weighted by Gasteiger charge is -2.06. The fourth-order valence-corrected chi connectivity index (χ4v) is 3.27. The zero-order valence-electron chi connectivity index (χ0n) is 15.7. The molecule has 26 heavy (non-hydrogen) atoms. The summed E-state index contributed by atoms with van der Waals surface area (Å²) >= 11 is 0. The van der Waals surface area contributed by atoms with Crippen LogP contribution in [0.5, 0.6) is 5.88 Å². The molecule has 4 rings (SSSR count). The minimum Gasteiger partial charge on any atom is -0.481 e. The molecular formula is C18H20N6O2. The Hall–Kier alpha value is -3.16. The van der Waals surface area contributed by atoms with Crippen LogP contribution in [-0.4, -0.2) is 36.5 Å². The van der Waals surface area contributed by atoms with Crippen LogP contribution in [0.25, 0.3) is 22.7 Å². The number of rotatable bonds is 3. The number of hydrogen-bond acceptors (Lipinski definition) is 6. The lowest BCUT2D eigenvalue weighted by molar-refractivity contribution is 0.397. The van der Waals surface area contributed by atoms with Crippen LogP contribution < -0.4 is 4.74 Å². The highest BCUT2D eigenvalue weighted by atomic mass is 16.5. The Morgan fingerprint density at radius 2 is 1.73 bits per heavy atom. The number of aryl methyl sites for hydroxylation is 5. The highest BCUT2D eigenvalue weighted by Gasteiger charge is 2.24. The summed E-state index contributed by atoms with van der Waals surface area (Å²) in [4.78, 5) is 8.85. The van der Waals surface area contributed by atoms with Gasteiger partial charge in [0.25, 0.3) is 0 Å². The molecular weight excluding hydrogens is 332 g/mol. The average molecular weight is 352 g/mol. The summed E-state index contributed by atoms with van der Waals surface area (Å²) < 4.78 is 14.9. The molecule has 0 N–H and O–H groups in total. The van der Waals surface area contributed by atoms with E-state index in [0.29, 0.717) is 17.4 Å². The number of nitrogens with zero attached hydrogens (tertiary/aromatic N) is 6. The van der Waals surface area contributed by atoms with Crippen molar-refractivity contribution in [3.05, 3.63) is 40.9 Å². The number of hydrogen-bond donors (Lipinski definition) is 0. The molecule has 0 aromatic carbocycles. The Balaban J connectivity index is 1.98. The summed E-state index contributed by atoms with van der Waals surface area (Å²) in [7, 11) is 1.61. The molecule has 0 saturated heterocycles. The molecule has 0 fully saturated rings. The van der Waals surface area contributed by atoms with Crippen LogP contribution in [-0.2, 0) is 0 Å². The van der Waals surface area contributed by atoms with E-state index < -0.39 is 0 Å². The molecule has 4 heterocycles. The number of oxazole rings is 1. The van der Waals surface area contributed by atoms with Gasteiger partial charge in [-0.25, -0.2) is 14.6 Å². The summed E-state index contributed by atoms with van der Waals surface area (Å²) in [6.07, 6.45) is 0. The highest BCUT2D eigenvalue weighted by Crippen LogP contribution is 2.33. The maximum Gasteiger partial charge on any atom is 0.249 e. The smallest absolute Gasteiger partial charge is 0.249 e. The van der Waals surface area contributed by atoms with Crippen molar-refractivity contribution in [3.63, 3.8) is 0 Å². The Labute approximate surface area is 150 Å². The molecule has 0 amide bonds. The first-order valence-corrected chi connectivity index (χ1v) is 8.32. The molecule has 0 bridgehead atoms. The van der Waals surface area contributed by atoms with Gasteiger partial charge < -0.3 is 9.15 Å². The third kappa shape index (κ3) is 2.29. The largest absolute Gasteiger partial charge is 0.481 e. The van der Waals surface area contributed by atoms with E-state index in [4.69, 9.17) is 14.3 Å². The van der Waals surface area contributed by atoms with Crippen LogP contribution in [0.1, 0.15) is 28.8 Å². The zero-order chi connectivity index (χ0) is 18.6. The molecule has 0 saturated carbocycles. The molecule has 134 valence electrons. The molecule has 8 heteroatoms. The molecule has 0 spiro atoms. The average Bonchev–Trinajstić information content (AvgIpc) is 3.18. The van der Waals surface area contributed by atoms with Crippen LogP contribution in [0.4, 0.5) is 0 Å². The van der Waals surface area contributed by atoms with Crippen molar-refractivity contribution >= 4 is 5.71 Å². The molecule has 0 aliphatic carbocycles. The third-order valence-electron chi connectivity index (χ3n) is 4.39. The van der Waals surface area contributed by atoms with Crippen LogP contribution in [0.3, 0.4) is 0 Å². The van der Waals surface area contributed by atoms with E-state index in [-0.39, 0.29) is 0 Å². The maximum absolute atomic E-state index is 6.09. The summed E-state index contributed by atoms with van der Waals surface area (Å²) in [6, 6.07) is 3.81. The Morgan fingerprint density at radius 3 is 2.35 bits per heavy atom. The predicted octanol–water partition coefficient (Wildman–Crippen LogP) is 3.12. The van der Waals surface area contributed by atoms with Gasteiger partial charge in [0.05, 0.1) is 18.5 Å². The first kappa shape index (κ1) is 16.3. The van der Waals surface area contributed by atoms with E-state index >= 15 is 0 Å². The van der Waals surface area contributed by atoms with Crippen molar-refractivity contribution in [3.8, 4) is 22.8 Å². The topological polar surface area (TPSA) is 83.3 Å². The molecule has 0 aliphatic heterocycles. The number of pyridine rings is 1. The lowest BCUT2D eigenvalue weighted by atomic mass is 10.1. The highest BCUT2D eigenvalue weighted by molar-refractivity contribution is 5.71. The second-order valence-electron chi connectivity index (χ2n) is 6.26. The van der Waals surface area contributed by atoms with Gasteiger partial charge in [-0.3, -0.25) is 0 Å². The van der Waals surface area contributed by atoms with Gasteiger partial charge in [-0.1, -0.05) is 0 Å². The predicted molar refractivity (Wildman–Crippen MR) is 95.8 cm³/mol. The van der Waals surface area contributed by atoms with Crippen LogP contribution in [0.15, 0.2) is 16.5 Å². The summed E-state index contributed by atoms with van der Waals surface area (Å²) in [5.74, 6) is 2.84. The van der Waals surface area contributed by atoms with Gasteiger partial charge in [-0.2, -0.15) is 14.7 Å². The van der Waals surface area contributed by atoms with E-state index in [2.05, 4.69) is 15.1 Å². The number of fused-ring (bicyclic) bond motifs is 1. The minimum absolute atomic E-state index is 0.578. The third-order valence-corrected chi connectivity index (χ3v) is 4.39. The molecule has 4 aromatic rings. The standard InChI is InChI=1S/C18H20N6O2/c1-9-14(7-8-15(19-9)25-6)17-11(3)26-18-16(10(2)21-24(17)18)23-13(5)20-12(4)22-23/h7-8H,1-6H3. The molecule has 8 nitrogen and oxygen atoms in total. The second kappa shape index (κ2) is 5.69. The minimum atomic E-state index is 0.578. The van der Waals surface area contributed by atoms with Crippen molar-refractivity contribution in [2.24, 2.45) is 0 Å². The van der Waals surface area contributed by atoms with Gasteiger partial charge in [-0.05, 0) is 40.7 Å². The number of methoxy groups -OCH3 is 1. The maximum atomic E-state index is 6.09. The van der Waals surface area contributed by atoms with E-state index in [1.165, 1.54) is 0 Å². The van der Waals surface area contributed by atoms with Gasteiger partial charge in [0.1, 0.15) is 23.1 Å². The SMILES string of the molecule is COc1ccc(-c2c(C)oc3c(-n4nc(C)nc4C)c(C)nn23)c(C)n1. The molecule has 4 aromatic heterocycles. The van der Waals surface area contributed by atoms with Crippen molar-refractivity contribution < 1.29 is 9.15 Å². The second-order valence-corrected chi connectivity index (χ2v) is 6.26. The normalized spacial score (nSPS) is 11.5. The summed E-state index contributed by atoms with van der Waals surface area (Å²) in [5, 5.41) is 9.17. The van der Waals surface area contributed by atoms with Crippen LogP contribution in [0, 0.1) is 34.6 Å². The van der Waals surface area contributed by atoms with Gasteiger partial charge in [0.2, 0.25) is 11.6 Å². The van der Waals surface area contributed by atoms with E-state index in [1.807, 2.05) is 51.3 Å². The molecule has 0 atom stereocenters. The first-order chi connectivity index (χ1) is 12.4. The Bertz CT molecular complexity index is 1130. The Kier molecular flexibility index (Phi) is 3.57. The number of ether oxygens (including phenoxy) is 1. The summed E-state index contributed by atoms with van der Waals surface area (Å²) in [5.41, 5.74) is 4.92. The molecule has 0 radical (unpaired) electrons. The quantitative estimate of drug-likeness (QED) is 0.563. The monoisotopic (exact) mass is 352 g/mol. The van der Waals surface area contributed by atoms with E-state index in [1.54, 1.807) is 11.8 Å². The van der Waals surface area contributed by atoms with Crippen molar-refractivity contribution in [2.45, 2.75) is 34.6 Å². The van der Waals surface area contributed by atoms with Crippen LogP contribution >= 0.6 is 0 Å². The number of aromatic nitrogens is 6. The van der Waals surface area contributed by atoms with Gasteiger partial charge in [0.15, 0.2) is 5.69 Å². The van der Waals surface area contributed by atoms with E-state index in [0.717, 1.165) is 39.9 Å². The van der Waals surface area contributed by atoms with Gasteiger partial charge in [-0.15, -0.1) is 0 Å².